The van der Waals surface area contributed by atoms with Crippen molar-refractivity contribution in [2.45, 2.75) is 59.8 Å². The van der Waals surface area contributed by atoms with Gasteiger partial charge in [0.2, 0.25) is 5.91 Å². The summed E-state index contributed by atoms with van der Waals surface area (Å²) in [5.41, 5.74) is 3.38. The quantitative estimate of drug-likeness (QED) is 0.710. The lowest BCUT2D eigenvalue weighted by Crippen LogP contribution is -2.27. The summed E-state index contributed by atoms with van der Waals surface area (Å²) in [6, 6.07) is 7.56. The number of nitrogens with one attached hydrogen (secondary N) is 2. The second kappa shape index (κ2) is 9.22. The fraction of sp³-hybridized carbons (Fsp3) is 0.458. The molecular formula is C24H29N2O4S-. The number of carboxylic acids is 1. The standard InChI is InChI=1S/C24H30N2O4S/c1-14-6-5-7-16(12-14)25-22(30)21-17-9-8-15(24(2,3)4)13-18(17)31-23(21)26-19(27)10-11-20(28)29/h5-7,12,15H,8-11,13H2,1-4H3,(H,25,30)(H,26,27)(H,28,29)/p-1/t15-/m0/s1. The molecule has 1 aromatic carbocycles. The summed E-state index contributed by atoms with van der Waals surface area (Å²) in [6.07, 6.45) is 2.08. The van der Waals surface area contributed by atoms with Crippen LogP contribution in [0.4, 0.5) is 10.7 Å². The van der Waals surface area contributed by atoms with Gasteiger partial charge in [-0.1, -0.05) is 32.9 Å². The lowest BCUT2D eigenvalue weighted by Gasteiger charge is -2.33. The van der Waals surface area contributed by atoms with Gasteiger partial charge in [0.1, 0.15) is 5.00 Å². The van der Waals surface area contributed by atoms with Gasteiger partial charge in [-0.3, -0.25) is 9.59 Å². The summed E-state index contributed by atoms with van der Waals surface area (Å²) < 4.78 is 0. The minimum absolute atomic E-state index is 0.156. The summed E-state index contributed by atoms with van der Waals surface area (Å²) in [4.78, 5) is 37.4. The molecule has 0 radical (unpaired) electrons. The van der Waals surface area contributed by atoms with Gasteiger partial charge < -0.3 is 20.5 Å². The van der Waals surface area contributed by atoms with Crippen LogP contribution in [-0.4, -0.2) is 17.8 Å². The Morgan fingerprint density at radius 1 is 1.16 bits per heavy atom. The maximum atomic E-state index is 13.2. The van der Waals surface area contributed by atoms with E-state index in [0.29, 0.717) is 22.2 Å². The number of carboxylic acid groups (broad SMARTS) is 1. The van der Waals surface area contributed by atoms with E-state index in [4.69, 9.17) is 0 Å². The van der Waals surface area contributed by atoms with Crippen molar-refractivity contribution in [2.75, 3.05) is 10.6 Å². The lowest BCUT2D eigenvalue weighted by atomic mass is 9.72. The molecule has 166 valence electrons. The first-order valence-corrected chi connectivity index (χ1v) is 11.4. The summed E-state index contributed by atoms with van der Waals surface area (Å²) >= 11 is 1.43. The van der Waals surface area contributed by atoms with Crippen LogP contribution in [-0.2, 0) is 22.4 Å². The summed E-state index contributed by atoms with van der Waals surface area (Å²) in [5.74, 6) is -1.47. The predicted octanol–water partition coefficient (Wildman–Crippen LogP) is 3.93. The molecule has 6 nitrogen and oxygen atoms in total. The smallest absolute Gasteiger partial charge is 0.258 e. The number of carbonyl (C=O) groups is 3. The molecule has 0 saturated heterocycles. The zero-order chi connectivity index (χ0) is 22.8. The van der Waals surface area contributed by atoms with Crippen LogP contribution < -0.4 is 15.7 Å². The van der Waals surface area contributed by atoms with Crippen LogP contribution in [0, 0.1) is 18.3 Å². The highest BCUT2D eigenvalue weighted by molar-refractivity contribution is 7.17. The van der Waals surface area contributed by atoms with Crippen LogP contribution in [0.5, 0.6) is 0 Å². The van der Waals surface area contributed by atoms with E-state index in [1.54, 1.807) is 0 Å². The maximum absolute atomic E-state index is 13.2. The Bertz CT molecular complexity index is 1000. The third-order valence-electron chi connectivity index (χ3n) is 5.80. The molecule has 7 heteroatoms. The Balaban J connectivity index is 1.91. The normalized spacial score (nSPS) is 15.8. The topological polar surface area (TPSA) is 98.3 Å². The van der Waals surface area contributed by atoms with Crippen LogP contribution in [0.2, 0.25) is 0 Å². The number of benzene rings is 1. The molecule has 1 aliphatic rings. The second-order valence-corrected chi connectivity index (χ2v) is 10.4. The fourth-order valence-electron chi connectivity index (χ4n) is 3.97. The van der Waals surface area contributed by atoms with Crippen molar-refractivity contribution in [1.29, 1.82) is 0 Å². The Morgan fingerprint density at radius 3 is 2.55 bits per heavy atom. The van der Waals surface area contributed by atoms with Gasteiger partial charge in [-0.25, -0.2) is 0 Å². The number of hydrogen-bond donors (Lipinski definition) is 2. The van der Waals surface area contributed by atoms with Crippen LogP contribution in [0.3, 0.4) is 0 Å². The van der Waals surface area contributed by atoms with Crippen molar-refractivity contribution in [3.8, 4) is 0 Å². The molecule has 0 saturated carbocycles. The van der Waals surface area contributed by atoms with Crippen LogP contribution in [0.1, 0.15) is 66.4 Å². The van der Waals surface area contributed by atoms with Crippen molar-refractivity contribution < 1.29 is 19.5 Å². The van der Waals surface area contributed by atoms with Gasteiger partial charge in [0, 0.05) is 23.0 Å². The molecule has 0 spiro atoms. The number of anilines is 2. The molecule has 0 bridgehead atoms. The monoisotopic (exact) mass is 441 g/mol. The minimum atomic E-state index is -1.27. The number of aryl methyl sites for hydroxylation is 1. The number of amides is 2. The van der Waals surface area contributed by atoms with Gasteiger partial charge in [-0.05, 0) is 67.2 Å². The molecule has 2 N–H and O–H groups in total. The van der Waals surface area contributed by atoms with Crippen molar-refractivity contribution in [1.82, 2.24) is 0 Å². The molecule has 1 aromatic heterocycles. The summed E-state index contributed by atoms with van der Waals surface area (Å²) in [6.45, 7) is 8.64. The highest BCUT2D eigenvalue weighted by Gasteiger charge is 2.34. The SMILES string of the molecule is Cc1cccc(NC(=O)c2c(NC(=O)CCC(=O)[O-])sc3c2CC[C@H](C(C)(C)C)C3)c1. The second-order valence-electron chi connectivity index (χ2n) is 9.26. The number of carbonyl (C=O) groups excluding carboxylic acids is 3. The van der Waals surface area contributed by atoms with Gasteiger partial charge >= 0.3 is 0 Å². The van der Waals surface area contributed by atoms with Crippen molar-refractivity contribution >= 4 is 39.8 Å². The highest BCUT2D eigenvalue weighted by atomic mass is 32.1. The maximum Gasteiger partial charge on any atom is 0.258 e. The molecule has 0 unspecified atom stereocenters. The van der Waals surface area contributed by atoms with Gasteiger partial charge in [0.25, 0.3) is 5.91 Å². The molecule has 2 aromatic rings. The Kier molecular flexibility index (Phi) is 6.84. The van der Waals surface area contributed by atoms with Crippen LogP contribution in [0.15, 0.2) is 24.3 Å². The van der Waals surface area contributed by atoms with E-state index in [1.807, 2.05) is 31.2 Å². The largest absolute Gasteiger partial charge is 0.550 e. The first-order chi connectivity index (χ1) is 14.5. The van der Waals surface area contributed by atoms with E-state index in [9.17, 15) is 19.5 Å². The first kappa shape index (κ1) is 23.0. The first-order valence-electron chi connectivity index (χ1n) is 10.6. The molecule has 1 atom stereocenters. The van der Waals surface area contributed by atoms with E-state index >= 15 is 0 Å². The minimum Gasteiger partial charge on any atom is -0.550 e. The van der Waals surface area contributed by atoms with E-state index in [0.717, 1.165) is 35.3 Å². The summed E-state index contributed by atoms with van der Waals surface area (Å²) in [7, 11) is 0. The third kappa shape index (κ3) is 5.73. The van der Waals surface area contributed by atoms with Crippen LogP contribution >= 0.6 is 11.3 Å². The molecule has 0 aliphatic heterocycles. The number of rotatable bonds is 6. The zero-order valence-electron chi connectivity index (χ0n) is 18.5. The van der Waals surface area contributed by atoms with Gasteiger partial charge in [0.05, 0.1) is 5.56 Å². The van der Waals surface area contributed by atoms with Crippen molar-refractivity contribution in [3.05, 3.63) is 45.8 Å². The van der Waals surface area contributed by atoms with Gasteiger partial charge in [-0.15, -0.1) is 11.3 Å². The van der Waals surface area contributed by atoms with E-state index in [-0.39, 0.29) is 24.2 Å². The third-order valence-corrected chi connectivity index (χ3v) is 6.97. The molecule has 31 heavy (non-hydrogen) atoms. The van der Waals surface area contributed by atoms with E-state index < -0.39 is 11.9 Å². The molecular weight excluding hydrogens is 412 g/mol. The van der Waals surface area contributed by atoms with Gasteiger partial charge in [0.15, 0.2) is 0 Å². The number of hydrogen-bond acceptors (Lipinski definition) is 5. The molecule has 3 rings (SSSR count). The van der Waals surface area contributed by atoms with Crippen molar-refractivity contribution in [2.24, 2.45) is 11.3 Å². The van der Waals surface area contributed by atoms with E-state index in [1.165, 1.54) is 11.3 Å². The zero-order valence-corrected chi connectivity index (χ0v) is 19.3. The molecule has 1 heterocycles. The lowest BCUT2D eigenvalue weighted by molar-refractivity contribution is -0.305. The average Bonchev–Trinajstić information content (AvgIpc) is 3.02. The summed E-state index contributed by atoms with van der Waals surface area (Å²) in [5, 5.41) is 16.9. The molecule has 0 fully saturated rings. The Hall–Kier alpha value is -2.67. The van der Waals surface area contributed by atoms with Crippen molar-refractivity contribution in [3.63, 3.8) is 0 Å². The van der Waals surface area contributed by atoms with Crippen LogP contribution in [0.25, 0.3) is 0 Å². The molecule has 1 aliphatic carbocycles. The average molecular weight is 442 g/mol. The fourth-order valence-corrected chi connectivity index (χ4v) is 5.32. The number of aliphatic carboxylic acids is 1. The number of fused-ring (bicyclic) bond motifs is 1. The predicted molar refractivity (Wildman–Crippen MR) is 121 cm³/mol. The number of thiophene rings is 1. The van der Waals surface area contributed by atoms with E-state index in [2.05, 4.69) is 31.4 Å². The Morgan fingerprint density at radius 2 is 1.90 bits per heavy atom. The van der Waals surface area contributed by atoms with Gasteiger partial charge in [-0.2, -0.15) is 0 Å². The highest BCUT2D eigenvalue weighted by Crippen LogP contribution is 2.44. The Labute approximate surface area is 187 Å². The molecule has 2 amide bonds.